The second-order valence-corrected chi connectivity index (χ2v) is 5.14. The van der Waals surface area contributed by atoms with E-state index in [0.717, 1.165) is 12.8 Å². The first-order valence-corrected chi connectivity index (χ1v) is 6.69. The maximum atomic E-state index is 13.4. The topological polar surface area (TPSA) is 29.1 Å². The normalized spacial score (nSPS) is 17.7. The van der Waals surface area contributed by atoms with E-state index in [-0.39, 0.29) is 24.2 Å². The van der Waals surface area contributed by atoms with Gasteiger partial charge in [-0.1, -0.05) is 38.0 Å². The highest BCUT2D eigenvalue weighted by Gasteiger charge is 2.26. The second kappa shape index (κ2) is 5.98. The zero-order chi connectivity index (χ0) is 13.0. The molecule has 1 unspecified atom stereocenters. The number of benzene rings is 1. The summed E-state index contributed by atoms with van der Waals surface area (Å²) in [5.74, 6) is 0.335. The van der Waals surface area contributed by atoms with Crippen LogP contribution < -0.4 is 5.32 Å². The first-order chi connectivity index (χ1) is 8.68. The van der Waals surface area contributed by atoms with Crippen molar-refractivity contribution in [3.8, 4) is 0 Å². The molecular formula is C15H20FNO. The monoisotopic (exact) mass is 249 g/mol. The van der Waals surface area contributed by atoms with Gasteiger partial charge in [0.2, 0.25) is 5.91 Å². The molecule has 0 radical (unpaired) electrons. The highest BCUT2D eigenvalue weighted by molar-refractivity contribution is 5.78. The van der Waals surface area contributed by atoms with Crippen LogP contribution in [0.15, 0.2) is 24.3 Å². The lowest BCUT2D eigenvalue weighted by Gasteiger charge is -2.18. The number of amides is 1. The van der Waals surface area contributed by atoms with Gasteiger partial charge >= 0.3 is 0 Å². The number of hydrogen-bond acceptors (Lipinski definition) is 1. The summed E-state index contributed by atoms with van der Waals surface area (Å²) in [7, 11) is 0. The highest BCUT2D eigenvalue weighted by Crippen LogP contribution is 2.31. The average molecular weight is 249 g/mol. The van der Waals surface area contributed by atoms with Crippen LogP contribution in [-0.2, 0) is 11.3 Å². The zero-order valence-corrected chi connectivity index (χ0v) is 10.8. The van der Waals surface area contributed by atoms with E-state index in [1.165, 1.54) is 18.9 Å². The minimum Gasteiger partial charge on any atom is -0.352 e. The second-order valence-electron chi connectivity index (χ2n) is 5.14. The molecule has 0 saturated heterocycles. The Morgan fingerprint density at radius 2 is 2.06 bits per heavy atom. The molecule has 1 aromatic carbocycles. The van der Waals surface area contributed by atoms with E-state index in [1.807, 2.05) is 6.92 Å². The van der Waals surface area contributed by atoms with Crippen LogP contribution in [-0.4, -0.2) is 5.91 Å². The molecule has 1 aromatic rings. The molecule has 1 N–H and O–H groups in total. The lowest BCUT2D eigenvalue weighted by molar-refractivity contribution is -0.126. The van der Waals surface area contributed by atoms with Crippen molar-refractivity contribution in [3.05, 3.63) is 35.6 Å². The van der Waals surface area contributed by atoms with Gasteiger partial charge in [-0.2, -0.15) is 0 Å². The number of hydrogen-bond donors (Lipinski definition) is 1. The van der Waals surface area contributed by atoms with E-state index in [4.69, 9.17) is 0 Å². The number of carbonyl (C=O) groups excluding carboxylic acids is 1. The minimum absolute atomic E-state index is 0.0410. The molecule has 3 heteroatoms. The van der Waals surface area contributed by atoms with Crippen molar-refractivity contribution in [1.82, 2.24) is 5.32 Å². The molecule has 0 aromatic heterocycles. The molecule has 0 aliphatic heterocycles. The van der Waals surface area contributed by atoms with E-state index in [2.05, 4.69) is 5.32 Å². The summed E-state index contributed by atoms with van der Waals surface area (Å²) in [6.45, 7) is 2.26. The van der Waals surface area contributed by atoms with Crippen LogP contribution in [0.2, 0.25) is 0 Å². The van der Waals surface area contributed by atoms with Crippen molar-refractivity contribution in [2.45, 2.75) is 39.2 Å². The molecule has 98 valence electrons. The maximum absolute atomic E-state index is 13.4. The van der Waals surface area contributed by atoms with Gasteiger partial charge in [-0.15, -0.1) is 0 Å². The molecule has 0 spiro atoms. The minimum atomic E-state index is -0.258. The number of carbonyl (C=O) groups is 1. The van der Waals surface area contributed by atoms with Gasteiger partial charge in [-0.3, -0.25) is 4.79 Å². The third-order valence-corrected chi connectivity index (χ3v) is 3.93. The molecule has 1 aliphatic rings. The highest BCUT2D eigenvalue weighted by atomic mass is 19.1. The van der Waals surface area contributed by atoms with Crippen molar-refractivity contribution >= 4 is 5.91 Å². The summed E-state index contributed by atoms with van der Waals surface area (Å²) in [5, 5.41) is 2.84. The standard InChI is InChI=1S/C15H20FNO/c1-11(12-6-2-3-7-12)15(18)17-10-13-8-4-5-9-14(13)16/h4-5,8-9,11-12H,2-3,6-7,10H2,1H3,(H,17,18). The molecule has 1 fully saturated rings. The fraction of sp³-hybridized carbons (Fsp3) is 0.533. The van der Waals surface area contributed by atoms with Crippen LogP contribution in [0, 0.1) is 17.7 Å². The Bertz CT molecular complexity index is 413. The SMILES string of the molecule is CC(C(=O)NCc1ccccc1F)C1CCCC1. The van der Waals surface area contributed by atoms with Crippen molar-refractivity contribution in [1.29, 1.82) is 0 Å². The lowest BCUT2D eigenvalue weighted by Crippen LogP contribution is -2.32. The Morgan fingerprint density at radius 3 is 2.72 bits per heavy atom. The van der Waals surface area contributed by atoms with Gasteiger partial charge in [0, 0.05) is 18.0 Å². The van der Waals surface area contributed by atoms with E-state index in [0.29, 0.717) is 11.5 Å². The quantitative estimate of drug-likeness (QED) is 0.871. The van der Waals surface area contributed by atoms with E-state index in [9.17, 15) is 9.18 Å². The molecule has 18 heavy (non-hydrogen) atoms. The Morgan fingerprint density at radius 1 is 1.39 bits per heavy atom. The molecule has 2 rings (SSSR count). The largest absolute Gasteiger partial charge is 0.352 e. The van der Waals surface area contributed by atoms with Gasteiger partial charge in [0.05, 0.1) is 0 Å². The summed E-state index contributed by atoms with van der Waals surface area (Å²) >= 11 is 0. The van der Waals surface area contributed by atoms with Gasteiger partial charge in [0.1, 0.15) is 5.82 Å². The summed E-state index contributed by atoms with van der Waals surface area (Å²) < 4.78 is 13.4. The summed E-state index contributed by atoms with van der Waals surface area (Å²) in [5.41, 5.74) is 0.546. The van der Waals surface area contributed by atoms with Gasteiger partial charge < -0.3 is 5.32 Å². The predicted molar refractivity (Wildman–Crippen MR) is 69.4 cm³/mol. The van der Waals surface area contributed by atoms with Gasteiger partial charge in [0.15, 0.2) is 0 Å². The smallest absolute Gasteiger partial charge is 0.223 e. The Labute approximate surface area is 108 Å². The number of rotatable bonds is 4. The molecular weight excluding hydrogens is 229 g/mol. The van der Waals surface area contributed by atoms with Crippen LogP contribution in [0.25, 0.3) is 0 Å². The van der Waals surface area contributed by atoms with Crippen molar-refractivity contribution in [2.24, 2.45) is 11.8 Å². The summed E-state index contributed by atoms with van der Waals surface area (Å²) in [6, 6.07) is 6.56. The first kappa shape index (κ1) is 13.1. The molecule has 2 nitrogen and oxygen atoms in total. The van der Waals surface area contributed by atoms with Crippen LogP contribution in [0.4, 0.5) is 4.39 Å². The van der Waals surface area contributed by atoms with Gasteiger partial charge in [-0.05, 0) is 24.8 Å². The van der Waals surface area contributed by atoms with Gasteiger partial charge in [-0.25, -0.2) is 4.39 Å². The third kappa shape index (κ3) is 3.09. The van der Waals surface area contributed by atoms with Crippen LogP contribution in [0.3, 0.4) is 0 Å². The fourth-order valence-corrected chi connectivity index (χ4v) is 2.66. The Hall–Kier alpha value is -1.38. The summed E-state index contributed by atoms with van der Waals surface area (Å²) in [4.78, 5) is 12.0. The average Bonchev–Trinajstić information content (AvgIpc) is 2.90. The van der Waals surface area contributed by atoms with Crippen LogP contribution in [0.5, 0.6) is 0 Å². The van der Waals surface area contributed by atoms with Crippen molar-refractivity contribution < 1.29 is 9.18 Å². The van der Waals surface area contributed by atoms with Crippen LogP contribution in [0.1, 0.15) is 38.2 Å². The molecule has 1 atom stereocenters. The van der Waals surface area contributed by atoms with E-state index in [1.54, 1.807) is 18.2 Å². The fourth-order valence-electron chi connectivity index (χ4n) is 2.66. The molecule has 0 bridgehead atoms. The number of nitrogens with one attached hydrogen (secondary N) is 1. The predicted octanol–water partition coefficient (Wildman–Crippen LogP) is 3.27. The van der Waals surface area contributed by atoms with E-state index >= 15 is 0 Å². The summed E-state index contributed by atoms with van der Waals surface area (Å²) in [6.07, 6.45) is 4.76. The molecule has 1 amide bonds. The Kier molecular flexibility index (Phi) is 4.34. The molecule has 1 aliphatic carbocycles. The first-order valence-electron chi connectivity index (χ1n) is 6.69. The van der Waals surface area contributed by atoms with E-state index < -0.39 is 0 Å². The molecule has 1 saturated carbocycles. The van der Waals surface area contributed by atoms with Gasteiger partial charge in [0.25, 0.3) is 0 Å². The third-order valence-electron chi connectivity index (χ3n) is 3.93. The van der Waals surface area contributed by atoms with Crippen molar-refractivity contribution in [2.75, 3.05) is 0 Å². The van der Waals surface area contributed by atoms with Crippen molar-refractivity contribution in [3.63, 3.8) is 0 Å². The maximum Gasteiger partial charge on any atom is 0.223 e. The number of halogens is 1. The zero-order valence-electron chi connectivity index (χ0n) is 10.8. The Balaban J connectivity index is 1.86. The molecule has 0 heterocycles. The van der Waals surface area contributed by atoms with Crippen LogP contribution >= 0.6 is 0 Å². The lowest BCUT2D eigenvalue weighted by atomic mass is 9.92.